The molecule has 1 aromatic heterocycles. The van der Waals surface area contributed by atoms with Gasteiger partial charge >= 0.3 is 0 Å². The first-order valence-corrected chi connectivity index (χ1v) is 9.14. The van der Waals surface area contributed by atoms with Gasteiger partial charge in [0.15, 0.2) is 0 Å². The van der Waals surface area contributed by atoms with E-state index >= 15 is 0 Å². The fraction of sp³-hybridized carbons (Fsp3) is 0.238. The van der Waals surface area contributed by atoms with Crippen LogP contribution in [0.1, 0.15) is 41.5 Å². The zero-order valence-corrected chi connectivity index (χ0v) is 15.5. The molecule has 0 saturated carbocycles. The molecule has 2 aromatic carbocycles. The summed E-state index contributed by atoms with van der Waals surface area (Å²) in [6.07, 6.45) is 0. The quantitative estimate of drug-likeness (QED) is 0.712. The van der Waals surface area contributed by atoms with Crippen LogP contribution in [0.5, 0.6) is 0 Å². The van der Waals surface area contributed by atoms with Gasteiger partial charge in [0.1, 0.15) is 5.69 Å². The molecule has 1 amide bonds. The number of hydrogen-bond donors (Lipinski definition) is 1. The van der Waals surface area contributed by atoms with Gasteiger partial charge in [-0.15, -0.1) is 0 Å². The van der Waals surface area contributed by atoms with Gasteiger partial charge in [-0.1, -0.05) is 67.9 Å². The van der Waals surface area contributed by atoms with E-state index in [1.807, 2.05) is 59.5 Å². The molecule has 0 fully saturated rings. The number of carbonyl (C=O) groups excluding carboxylic acids is 1. The molecule has 0 spiro atoms. The van der Waals surface area contributed by atoms with Crippen molar-refractivity contribution >= 4 is 17.5 Å². The van der Waals surface area contributed by atoms with Crippen molar-refractivity contribution in [2.45, 2.75) is 19.9 Å². The second-order valence-electron chi connectivity index (χ2n) is 7.03. The highest BCUT2D eigenvalue weighted by Gasteiger charge is 2.42. The van der Waals surface area contributed by atoms with E-state index in [1.165, 1.54) is 0 Å². The van der Waals surface area contributed by atoms with Crippen LogP contribution in [0.25, 0.3) is 11.3 Å². The van der Waals surface area contributed by atoms with Crippen molar-refractivity contribution in [3.63, 3.8) is 0 Å². The Morgan fingerprint density at radius 3 is 2.46 bits per heavy atom. The molecular weight excluding hydrogens is 346 g/mol. The molecule has 3 aromatic rings. The molecule has 1 aliphatic rings. The Morgan fingerprint density at radius 2 is 1.81 bits per heavy atom. The summed E-state index contributed by atoms with van der Waals surface area (Å²) in [7, 11) is 0. The molecule has 1 N–H and O–H groups in total. The Bertz CT molecular complexity index is 932. The molecule has 5 heteroatoms. The van der Waals surface area contributed by atoms with E-state index in [4.69, 9.17) is 11.6 Å². The normalized spacial score (nSPS) is 16.4. The molecule has 4 nitrogen and oxygen atoms in total. The van der Waals surface area contributed by atoms with Crippen LogP contribution in [-0.2, 0) is 0 Å². The van der Waals surface area contributed by atoms with E-state index < -0.39 is 0 Å². The topological polar surface area (TPSA) is 49.0 Å². The maximum absolute atomic E-state index is 13.1. The summed E-state index contributed by atoms with van der Waals surface area (Å²) in [6.45, 7) is 4.92. The number of benzene rings is 2. The smallest absolute Gasteiger partial charge is 0.273 e. The molecule has 0 saturated heterocycles. The number of nitrogens with one attached hydrogen (secondary N) is 1. The van der Waals surface area contributed by atoms with Crippen LogP contribution in [0.2, 0.25) is 5.02 Å². The Balaban J connectivity index is 1.88. The zero-order chi connectivity index (χ0) is 18.3. The van der Waals surface area contributed by atoms with Crippen molar-refractivity contribution in [2.75, 3.05) is 6.54 Å². The van der Waals surface area contributed by atoms with E-state index in [2.05, 4.69) is 24.0 Å². The lowest BCUT2D eigenvalue weighted by molar-refractivity contribution is 0.0722. The van der Waals surface area contributed by atoms with Crippen LogP contribution >= 0.6 is 11.6 Å². The Hall–Kier alpha value is -2.59. The largest absolute Gasteiger partial charge is 0.326 e. The van der Waals surface area contributed by atoms with E-state index in [9.17, 15) is 4.79 Å². The number of aromatic amines is 1. The summed E-state index contributed by atoms with van der Waals surface area (Å²) in [6, 6.07) is 17.5. The van der Waals surface area contributed by atoms with Crippen molar-refractivity contribution in [3.05, 3.63) is 76.4 Å². The third-order valence-electron chi connectivity index (χ3n) is 4.66. The number of carbonyl (C=O) groups is 1. The van der Waals surface area contributed by atoms with Crippen molar-refractivity contribution in [1.82, 2.24) is 15.1 Å². The third kappa shape index (κ3) is 2.80. The molecule has 0 aliphatic carbocycles. The van der Waals surface area contributed by atoms with Gasteiger partial charge in [-0.2, -0.15) is 5.10 Å². The van der Waals surface area contributed by atoms with Gasteiger partial charge in [0, 0.05) is 22.7 Å². The minimum atomic E-state index is -0.161. The lowest BCUT2D eigenvalue weighted by Gasteiger charge is -2.28. The molecule has 4 rings (SSSR count). The van der Waals surface area contributed by atoms with E-state index in [-0.39, 0.29) is 11.9 Å². The van der Waals surface area contributed by atoms with Crippen LogP contribution in [0.15, 0.2) is 54.6 Å². The van der Waals surface area contributed by atoms with Crippen molar-refractivity contribution in [1.29, 1.82) is 0 Å². The second-order valence-corrected chi connectivity index (χ2v) is 7.47. The number of rotatable bonds is 4. The van der Waals surface area contributed by atoms with Crippen molar-refractivity contribution in [3.8, 4) is 11.3 Å². The van der Waals surface area contributed by atoms with Gasteiger partial charge in [-0.3, -0.25) is 9.89 Å². The standard InChI is InChI=1S/C21H20ClN3O/c1-13(2)12-25-20(15-8-10-16(22)11-9-15)17-18(14-6-4-3-5-7-14)23-24-19(17)21(25)26/h3-11,13,20H,12H2,1-2H3,(H,23,24). The van der Waals surface area contributed by atoms with Crippen LogP contribution in [0.3, 0.4) is 0 Å². The first kappa shape index (κ1) is 16.9. The van der Waals surface area contributed by atoms with Gasteiger partial charge < -0.3 is 4.90 Å². The Kier molecular flexibility index (Phi) is 4.29. The summed E-state index contributed by atoms with van der Waals surface area (Å²) in [5, 5.41) is 8.13. The van der Waals surface area contributed by atoms with Gasteiger partial charge in [0.05, 0.1) is 11.7 Å². The number of fused-ring (bicyclic) bond motifs is 1. The molecule has 26 heavy (non-hydrogen) atoms. The number of H-pyrrole nitrogens is 1. The highest BCUT2D eigenvalue weighted by molar-refractivity contribution is 6.30. The number of amides is 1. The van der Waals surface area contributed by atoms with Gasteiger partial charge in [0.25, 0.3) is 5.91 Å². The molecule has 2 heterocycles. The molecule has 1 unspecified atom stereocenters. The maximum atomic E-state index is 13.1. The van der Waals surface area contributed by atoms with Gasteiger partial charge in [-0.05, 0) is 23.6 Å². The number of nitrogens with zero attached hydrogens (tertiary/aromatic N) is 2. The predicted octanol–water partition coefficient (Wildman–Crippen LogP) is 4.93. The minimum absolute atomic E-state index is 0.00308. The summed E-state index contributed by atoms with van der Waals surface area (Å²) in [5.41, 5.74) is 4.41. The lowest BCUT2D eigenvalue weighted by Crippen LogP contribution is -2.32. The second kappa shape index (κ2) is 6.61. The summed E-state index contributed by atoms with van der Waals surface area (Å²) >= 11 is 6.07. The Labute approximate surface area is 157 Å². The zero-order valence-electron chi connectivity index (χ0n) is 14.7. The van der Waals surface area contributed by atoms with Crippen LogP contribution in [0, 0.1) is 5.92 Å². The number of hydrogen-bond acceptors (Lipinski definition) is 2. The van der Waals surface area contributed by atoms with Gasteiger partial charge in [0.2, 0.25) is 0 Å². The third-order valence-corrected chi connectivity index (χ3v) is 4.91. The average Bonchev–Trinajstić information content (AvgIpc) is 3.17. The minimum Gasteiger partial charge on any atom is -0.326 e. The Morgan fingerprint density at radius 1 is 1.12 bits per heavy atom. The highest BCUT2D eigenvalue weighted by atomic mass is 35.5. The first-order valence-electron chi connectivity index (χ1n) is 8.76. The summed E-state index contributed by atoms with van der Waals surface area (Å²) < 4.78 is 0. The van der Waals surface area contributed by atoms with E-state index in [0.717, 1.165) is 22.4 Å². The van der Waals surface area contributed by atoms with Crippen LogP contribution in [0.4, 0.5) is 0 Å². The molecule has 0 bridgehead atoms. The average molecular weight is 366 g/mol. The van der Waals surface area contributed by atoms with Crippen LogP contribution < -0.4 is 0 Å². The predicted molar refractivity (Wildman–Crippen MR) is 103 cm³/mol. The summed E-state index contributed by atoms with van der Waals surface area (Å²) in [4.78, 5) is 15.0. The monoisotopic (exact) mass is 365 g/mol. The number of halogens is 1. The van der Waals surface area contributed by atoms with E-state index in [1.54, 1.807) is 0 Å². The van der Waals surface area contributed by atoms with Crippen LogP contribution in [-0.4, -0.2) is 27.5 Å². The maximum Gasteiger partial charge on any atom is 0.273 e. The molecule has 1 atom stereocenters. The van der Waals surface area contributed by atoms with Crippen molar-refractivity contribution in [2.24, 2.45) is 5.92 Å². The fourth-order valence-corrected chi connectivity index (χ4v) is 3.71. The SMILES string of the molecule is CC(C)CN1C(=O)c2[nH]nc(-c3ccccc3)c2C1c1ccc(Cl)cc1. The molecular formula is C21H20ClN3O. The number of aromatic nitrogens is 2. The van der Waals surface area contributed by atoms with Crippen molar-refractivity contribution < 1.29 is 4.79 Å². The molecule has 132 valence electrons. The molecule has 0 radical (unpaired) electrons. The fourth-order valence-electron chi connectivity index (χ4n) is 3.59. The van der Waals surface area contributed by atoms with Gasteiger partial charge in [-0.25, -0.2) is 0 Å². The first-order chi connectivity index (χ1) is 12.6. The summed E-state index contributed by atoms with van der Waals surface area (Å²) in [5.74, 6) is 0.370. The lowest BCUT2D eigenvalue weighted by atomic mass is 9.96. The van der Waals surface area contributed by atoms with E-state index in [0.29, 0.717) is 23.2 Å². The molecule has 1 aliphatic heterocycles. The highest BCUT2D eigenvalue weighted by Crippen LogP contribution is 2.43.